The van der Waals surface area contributed by atoms with Crippen LogP contribution in [0.25, 0.3) is 0 Å². The molecule has 0 saturated heterocycles. The molecule has 6 nitrogen and oxygen atoms in total. The Morgan fingerprint density at radius 2 is 1.74 bits per heavy atom. The molecule has 3 N–H and O–H groups in total. The van der Waals surface area contributed by atoms with Crippen molar-refractivity contribution >= 4 is 41.5 Å². The van der Waals surface area contributed by atoms with Gasteiger partial charge in [0, 0.05) is 24.7 Å². The number of carbonyl (C=O) groups excluding carboxylic acids is 1. The van der Waals surface area contributed by atoms with Gasteiger partial charge in [-0.1, -0.05) is 38.1 Å². The Morgan fingerprint density at radius 1 is 1.06 bits per heavy atom. The van der Waals surface area contributed by atoms with Crippen molar-refractivity contribution in [1.29, 1.82) is 0 Å². The molecule has 0 unspecified atom stereocenters. The lowest BCUT2D eigenvalue weighted by Crippen LogP contribution is -2.38. The first-order chi connectivity index (χ1) is 14.4. The average molecular weight is 538 g/mol. The molecule has 0 atom stereocenters. The van der Waals surface area contributed by atoms with Crippen LogP contribution in [0, 0.1) is 12.8 Å². The largest absolute Gasteiger partial charge is 0.496 e. The lowest BCUT2D eigenvalue weighted by atomic mass is 10.1. The Morgan fingerprint density at radius 3 is 2.35 bits per heavy atom. The van der Waals surface area contributed by atoms with E-state index in [9.17, 15) is 4.79 Å². The highest BCUT2D eigenvalue weighted by molar-refractivity contribution is 14.0. The molecule has 0 aliphatic rings. The Hall–Kier alpha value is -2.29. The number of hydrogen-bond acceptors (Lipinski definition) is 3. The van der Waals surface area contributed by atoms with Gasteiger partial charge >= 0.3 is 0 Å². The fourth-order valence-corrected chi connectivity index (χ4v) is 2.84. The van der Waals surface area contributed by atoms with Gasteiger partial charge < -0.3 is 20.7 Å². The number of hydrogen-bond donors (Lipinski definition) is 3. The number of nitrogens with zero attached hydrogens (tertiary/aromatic N) is 1. The van der Waals surface area contributed by atoms with Gasteiger partial charge in [-0.25, -0.2) is 4.99 Å². The quantitative estimate of drug-likeness (QED) is 0.250. The summed E-state index contributed by atoms with van der Waals surface area (Å²) in [5.74, 6) is 1.68. The number of guanidine groups is 1. The van der Waals surface area contributed by atoms with Crippen LogP contribution in [-0.4, -0.2) is 32.1 Å². The zero-order valence-electron chi connectivity index (χ0n) is 19.1. The maximum Gasteiger partial charge on any atom is 0.226 e. The lowest BCUT2D eigenvalue weighted by molar-refractivity contribution is -0.118. The van der Waals surface area contributed by atoms with E-state index in [1.807, 2.05) is 52.0 Å². The number of amides is 1. The normalized spacial score (nSPS) is 11.0. The van der Waals surface area contributed by atoms with Crippen LogP contribution in [0.15, 0.2) is 47.5 Å². The van der Waals surface area contributed by atoms with E-state index in [4.69, 9.17) is 4.74 Å². The SMILES string of the molecule is CCNC(=NCc1ccc(NC(=O)C(C)C)cc1)NCCc1ccc(C)c(OC)c1.I. The smallest absolute Gasteiger partial charge is 0.226 e. The summed E-state index contributed by atoms with van der Waals surface area (Å²) in [5.41, 5.74) is 4.25. The number of halogens is 1. The van der Waals surface area contributed by atoms with E-state index in [2.05, 4.69) is 39.1 Å². The summed E-state index contributed by atoms with van der Waals surface area (Å²) in [6, 6.07) is 14.1. The number of anilines is 1. The van der Waals surface area contributed by atoms with Crippen LogP contribution < -0.4 is 20.7 Å². The van der Waals surface area contributed by atoms with Crippen molar-refractivity contribution in [3.05, 3.63) is 59.2 Å². The second-order valence-electron chi connectivity index (χ2n) is 7.52. The molecule has 7 heteroatoms. The van der Waals surface area contributed by atoms with E-state index < -0.39 is 0 Å². The number of nitrogens with one attached hydrogen (secondary N) is 3. The van der Waals surface area contributed by atoms with E-state index in [0.29, 0.717) is 6.54 Å². The molecule has 0 saturated carbocycles. The summed E-state index contributed by atoms with van der Waals surface area (Å²) >= 11 is 0. The maximum atomic E-state index is 11.8. The molecule has 2 aromatic carbocycles. The molecule has 0 radical (unpaired) electrons. The molecule has 31 heavy (non-hydrogen) atoms. The van der Waals surface area contributed by atoms with Gasteiger partial charge in [0.25, 0.3) is 0 Å². The van der Waals surface area contributed by atoms with Gasteiger partial charge in [-0.3, -0.25) is 4.79 Å². The molecule has 0 aliphatic heterocycles. The van der Waals surface area contributed by atoms with Crippen LogP contribution >= 0.6 is 24.0 Å². The number of aryl methyl sites for hydroxylation is 1. The molecule has 1 amide bonds. The third-order valence-electron chi connectivity index (χ3n) is 4.69. The van der Waals surface area contributed by atoms with Crippen molar-refractivity contribution in [2.75, 3.05) is 25.5 Å². The Kier molecular flexibility index (Phi) is 12.0. The van der Waals surface area contributed by atoms with E-state index >= 15 is 0 Å². The van der Waals surface area contributed by atoms with Crippen LogP contribution in [0.2, 0.25) is 0 Å². The number of ether oxygens (including phenoxy) is 1. The monoisotopic (exact) mass is 538 g/mol. The number of rotatable bonds is 9. The van der Waals surface area contributed by atoms with Gasteiger partial charge in [0.15, 0.2) is 5.96 Å². The molecule has 0 aromatic heterocycles. The van der Waals surface area contributed by atoms with Gasteiger partial charge in [-0.2, -0.15) is 0 Å². The van der Waals surface area contributed by atoms with Crippen molar-refractivity contribution in [3.63, 3.8) is 0 Å². The lowest BCUT2D eigenvalue weighted by Gasteiger charge is -2.12. The molecule has 170 valence electrons. The van der Waals surface area contributed by atoms with Crippen molar-refractivity contribution in [3.8, 4) is 5.75 Å². The minimum absolute atomic E-state index is 0. The first-order valence-corrected chi connectivity index (χ1v) is 10.5. The molecule has 0 aliphatic carbocycles. The third kappa shape index (κ3) is 9.16. The van der Waals surface area contributed by atoms with Crippen LogP contribution in [0.5, 0.6) is 5.75 Å². The second kappa shape index (κ2) is 13.9. The molecular formula is C24H35IN4O2. The predicted octanol–water partition coefficient (Wildman–Crippen LogP) is 4.51. The van der Waals surface area contributed by atoms with E-state index in [0.717, 1.165) is 48.0 Å². The molecule has 0 fully saturated rings. The number of benzene rings is 2. The van der Waals surface area contributed by atoms with Crippen molar-refractivity contribution in [2.45, 2.75) is 40.7 Å². The van der Waals surface area contributed by atoms with Crippen LogP contribution in [0.3, 0.4) is 0 Å². The predicted molar refractivity (Wildman–Crippen MR) is 140 cm³/mol. The summed E-state index contributed by atoms with van der Waals surface area (Å²) in [6.07, 6.45) is 0.880. The highest BCUT2D eigenvalue weighted by Gasteiger charge is 2.07. The van der Waals surface area contributed by atoms with Crippen LogP contribution in [-0.2, 0) is 17.8 Å². The van der Waals surface area contributed by atoms with E-state index in [1.54, 1.807) is 7.11 Å². The molecule has 2 rings (SSSR count). The number of carbonyl (C=O) groups is 1. The van der Waals surface area contributed by atoms with E-state index in [1.165, 1.54) is 5.56 Å². The minimum atomic E-state index is -0.0379. The van der Waals surface area contributed by atoms with Gasteiger partial charge in [-0.15, -0.1) is 24.0 Å². The third-order valence-corrected chi connectivity index (χ3v) is 4.69. The highest BCUT2D eigenvalue weighted by Crippen LogP contribution is 2.19. The molecule has 0 heterocycles. The zero-order valence-corrected chi connectivity index (χ0v) is 21.4. The van der Waals surface area contributed by atoms with E-state index in [-0.39, 0.29) is 35.8 Å². The van der Waals surface area contributed by atoms with Gasteiger partial charge in [0.2, 0.25) is 5.91 Å². The summed E-state index contributed by atoms with van der Waals surface area (Å²) in [7, 11) is 1.70. The second-order valence-corrected chi connectivity index (χ2v) is 7.52. The molecule has 0 bridgehead atoms. The first kappa shape index (κ1) is 26.7. The Bertz CT molecular complexity index is 851. The van der Waals surface area contributed by atoms with Crippen molar-refractivity contribution in [2.24, 2.45) is 10.9 Å². The fourth-order valence-electron chi connectivity index (χ4n) is 2.84. The summed E-state index contributed by atoms with van der Waals surface area (Å²) in [6.45, 7) is 9.98. The van der Waals surface area contributed by atoms with Crippen molar-refractivity contribution in [1.82, 2.24) is 10.6 Å². The molecule has 2 aromatic rings. The number of aliphatic imine (C=N–C) groups is 1. The molecular weight excluding hydrogens is 503 g/mol. The summed E-state index contributed by atoms with van der Waals surface area (Å²) < 4.78 is 5.40. The first-order valence-electron chi connectivity index (χ1n) is 10.5. The van der Waals surface area contributed by atoms with Crippen LogP contribution in [0.1, 0.15) is 37.5 Å². The topological polar surface area (TPSA) is 74.8 Å². The Balaban J connectivity index is 0.00000480. The van der Waals surface area contributed by atoms with Crippen molar-refractivity contribution < 1.29 is 9.53 Å². The van der Waals surface area contributed by atoms with Crippen LogP contribution in [0.4, 0.5) is 5.69 Å². The van der Waals surface area contributed by atoms with Gasteiger partial charge in [-0.05, 0) is 55.2 Å². The summed E-state index contributed by atoms with van der Waals surface area (Å²) in [4.78, 5) is 16.4. The minimum Gasteiger partial charge on any atom is -0.496 e. The summed E-state index contributed by atoms with van der Waals surface area (Å²) in [5, 5.41) is 9.56. The zero-order chi connectivity index (χ0) is 21.9. The maximum absolute atomic E-state index is 11.8. The Labute approximate surface area is 203 Å². The standard InChI is InChI=1S/C24H34N4O2.HI/c1-6-25-24(26-14-13-19-8-7-18(4)22(15-19)30-5)27-16-20-9-11-21(12-10-20)28-23(29)17(2)3;/h7-12,15,17H,6,13-14,16H2,1-5H3,(H,28,29)(H2,25,26,27);1H. The fraction of sp³-hybridized carbons (Fsp3) is 0.417. The van der Waals surface area contributed by atoms with Gasteiger partial charge in [0.05, 0.1) is 13.7 Å². The molecule has 0 spiro atoms. The average Bonchev–Trinajstić information content (AvgIpc) is 2.74. The van der Waals surface area contributed by atoms with Gasteiger partial charge in [0.1, 0.15) is 5.75 Å². The number of methoxy groups -OCH3 is 1. The highest BCUT2D eigenvalue weighted by atomic mass is 127.